The number of hydrogen-bond acceptors (Lipinski definition) is 2. The number of carbonyl (C=O) groups excluding carboxylic acids is 1. The molecule has 0 atom stereocenters. The van der Waals surface area contributed by atoms with E-state index in [2.05, 4.69) is 12.2 Å². The largest absolute Gasteiger partial charge is 0.355 e. The summed E-state index contributed by atoms with van der Waals surface area (Å²) in [6.45, 7) is 3.05. The first-order valence-corrected chi connectivity index (χ1v) is 8.76. The van der Waals surface area contributed by atoms with Crippen LogP contribution in [0.25, 0.3) is 0 Å². The fourth-order valence-corrected chi connectivity index (χ4v) is 3.05. The molecule has 3 N–H and O–H groups in total. The Morgan fingerprint density at radius 3 is 2.10 bits per heavy atom. The highest BCUT2D eigenvalue weighted by molar-refractivity contribution is 5.86. The van der Waals surface area contributed by atoms with Gasteiger partial charge in [-0.05, 0) is 19.3 Å². The van der Waals surface area contributed by atoms with Gasteiger partial charge in [-0.25, -0.2) is 0 Å². The van der Waals surface area contributed by atoms with Gasteiger partial charge in [0.05, 0.1) is 5.54 Å². The molecule has 0 radical (unpaired) electrons. The molecule has 1 amide bonds. The van der Waals surface area contributed by atoms with Crippen LogP contribution in [-0.2, 0) is 4.79 Å². The van der Waals surface area contributed by atoms with Gasteiger partial charge in [0.15, 0.2) is 0 Å². The summed E-state index contributed by atoms with van der Waals surface area (Å²) >= 11 is 0. The lowest BCUT2D eigenvalue weighted by Crippen LogP contribution is -2.55. The second-order valence-corrected chi connectivity index (χ2v) is 6.45. The zero-order chi connectivity index (χ0) is 14.7. The molecule has 1 rings (SSSR count). The number of rotatable bonds is 10. The molecule has 1 fully saturated rings. The Morgan fingerprint density at radius 2 is 1.50 bits per heavy atom. The summed E-state index contributed by atoms with van der Waals surface area (Å²) in [5, 5.41) is 3.04. The van der Waals surface area contributed by atoms with E-state index in [1.165, 1.54) is 51.4 Å². The maximum atomic E-state index is 12.1. The summed E-state index contributed by atoms with van der Waals surface area (Å²) in [7, 11) is 0. The minimum Gasteiger partial charge on any atom is -0.355 e. The second kappa shape index (κ2) is 10.2. The van der Waals surface area contributed by atoms with E-state index >= 15 is 0 Å². The minimum atomic E-state index is -0.571. The second-order valence-electron chi connectivity index (χ2n) is 6.45. The Hall–Kier alpha value is -0.570. The molecule has 0 aromatic carbocycles. The van der Waals surface area contributed by atoms with Crippen LogP contribution in [0.4, 0.5) is 0 Å². The molecule has 118 valence electrons. The lowest BCUT2D eigenvalue weighted by atomic mass is 9.82. The molecule has 0 aromatic heterocycles. The summed E-state index contributed by atoms with van der Waals surface area (Å²) < 4.78 is 0. The molecule has 0 saturated heterocycles. The van der Waals surface area contributed by atoms with Gasteiger partial charge in [0.1, 0.15) is 0 Å². The number of nitrogens with two attached hydrogens (primary N) is 1. The van der Waals surface area contributed by atoms with Crippen molar-refractivity contribution in [3.8, 4) is 0 Å². The zero-order valence-corrected chi connectivity index (χ0v) is 13.4. The number of hydrogen-bond donors (Lipinski definition) is 2. The SMILES string of the molecule is CCCCCCCCCCNC(=O)C1(N)CCCCC1. The van der Waals surface area contributed by atoms with Crippen LogP contribution in [0, 0.1) is 0 Å². The van der Waals surface area contributed by atoms with Gasteiger partial charge in [-0.15, -0.1) is 0 Å². The first-order valence-electron chi connectivity index (χ1n) is 8.76. The molecule has 0 unspecified atom stereocenters. The van der Waals surface area contributed by atoms with E-state index in [1.807, 2.05) is 0 Å². The molecule has 0 bridgehead atoms. The van der Waals surface area contributed by atoms with Crippen LogP contribution in [0.1, 0.15) is 90.4 Å². The van der Waals surface area contributed by atoms with Gasteiger partial charge in [-0.2, -0.15) is 0 Å². The van der Waals surface area contributed by atoms with E-state index in [0.717, 1.165) is 38.6 Å². The third kappa shape index (κ3) is 6.74. The van der Waals surface area contributed by atoms with E-state index in [9.17, 15) is 4.79 Å². The topological polar surface area (TPSA) is 55.1 Å². The molecular formula is C17H34N2O. The normalized spacial score (nSPS) is 17.9. The van der Waals surface area contributed by atoms with Crippen molar-refractivity contribution in [3.05, 3.63) is 0 Å². The monoisotopic (exact) mass is 282 g/mol. The fraction of sp³-hybridized carbons (Fsp3) is 0.941. The van der Waals surface area contributed by atoms with Crippen molar-refractivity contribution < 1.29 is 4.79 Å². The van der Waals surface area contributed by atoms with Gasteiger partial charge in [-0.1, -0.05) is 71.1 Å². The predicted molar refractivity (Wildman–Crippen MR) is 85.6 cm³/mol. The van der Waals surface area contributed by atoms with E-state index in [-0.39, 0.29) is 5.91 Å². The maximum Gasteiger partial charge on any atom is 0.240 e. The van der Waals surface area contributed by atoms with Crippen molar-refractivity contribution in [2.45, 2.75) is 95.9 Å². The van der Waals surface area contributed by atoms with Crippen LogP contribution < -0.4 is 11.1 Å². The van der Waals surface area contributed by atoms with Gasteiger partial charge >= 0.3 is 0 Å². The van der Waals surface area contributed by atoms with Crippen molar-refractivity contribution in [3.63, 3.8) is 0 Å². The Balaban J connectivity index is 1.96. The number of carbonyl (C=O) groups is 1. The Morgan fingerprint density at radius 1 is 0.950 bits per heavy atom. The Bertz CT molecular complexity index is 260. The first kappa shape index (κ1) is 17.5. The molecule has 0 spiro atoms. The molecule has 3 nitrogen and oxygen atoms in total. The van der Waals surface area contributed by atoms with Crippen LogP contribution in [0.5, 0.6) is 0 Å². The van der Waals surface area contributed by atoms with Gasteiger partial charge in [0.25, 0.3) is 0 Å². The van der Waals surface area contributed by atoms with E-state index in [0.29, 0.717) is 0 Å². The highest BCUT2D eigenvalue weighted by atomic mass is 16.2. The molecule has 0 aromatic rings. The summed E-state index contributed by atoms with van der Waals surface area (Å²) in [4.78, 5) is 12.1. The molecular weight excluding hydrogens is 248 g/mol. The van der Waals surface area contributed by atoms with Gasteiger partial charge in [0.2, 0.25) is 5.91 Å². The third-order valence-electron chi connectivity index (χ3n) is 4.51. The summed E-state index contributed by atoms with van der Waals surface area (Å²) in [6, 6.07) is 0. The van der Waals surface area contributed by atoms with Crippen molar-refractivity contribution in [2.24, 2.45) is 5.73 Å². The fourth-order valence-electron chi connectivity index (χ4n) is 3.05. The average Bonchev–Trinajstić information content (AvgIpc) is 2.46. The van der Waals surface area contributed by atoms with Crippen molar-refractivity contribution >= 4 is 5.91 Å². The molecule has 20 heavy (non-hydrogen) atoms. The summed E-state index contributed by atoms with van der Waals surface area (Å²) in [5.41, 5.74) is 5.63. The minimum absolute atomic E-state index is 0.0835. The van der Waals surface area contributed by atoms with E-state index in [4.69, 9.17) is 5.73 Å². The molecule has 0 aliphatic heterocycles. The standard InChI is InChI=1S/C17H34N2O/c1-2-3-4-5-6-7-8-12-15-19-16(20)17(18)13-10-9-11-14-17/h2-15,18H2,1H3,(H,19,20). The summed E-state index contributed by atoms with van der Waals surface area (Å²) in [5.74, 6) is 0.0835. The molecule has 3 heteroatoms. The van der Waals surface area contributed by atoms with Crippen LogP contribution in [0.3, 0.4) is 0 Å². The highest BCUT2D eigenvalue weighted by Gasteiger charge is 2.34. The quantitative estimate of drug-likeness (QED) is 0.597. The zero-order valence-electron chi connectivity index (χ0n) is 13.4. The predicted octanol–water partition coefficient (Wildman–Crippen LogP) is 3.90. The van der Waals surface area contributed by atoms with Gasteiger partial charge < -0.3 is 11.1 Å². The van der Waals surface area contributed by atoms with Crippen molar-refractivity contribution in [1.29, 1.82) is 0 Å². The van der Waals surface area contributed by atoms with E-state index < -0.39 is 5.54 Å². The average molecular weight is 282 g/mol. The van der Waals surface area contributed by atoms with Crippen LogP contribution >= 0.6 is 0 Å². The van der Waals surface area contributed by atoms with Crippen LogP contribution in [0.15, 0.2) is 0 Å². The lowest BCUT2D eigenvalue weighted by Gasteiger charge is -2.31. The third-order valence-corrected chi connectivity index (χ3v) is 4.51. The highest BCUT2D eigenvalue weighted by Crippen LogP contribution is 2.25. The van der Waals surface area contributed by atoms with Crippen LogP contribution in [-0.4, -0.2) is 18.0 Å². The molecule has 1 saturated carbocycles. The maximum absolute atomic E-state index is 12.1. The van der Waals surface area contributed by atoms with Crippen LogP contribution in [0.2, 0.25) is 0 Å². The first-order chi connectivity index (χ1) is 9.69. The van der Waals surface area contributed by atoms with Crippen molar-refractivity contribution in [1.82, 2.24) is 5.32 Å². The molecule has 0 heterocycles. The van der Waals surface area contributed by atoms with Crippen molar-refractivity contribution in [2.75, 3.05) is 6.54 Å². The van der Waals surface area contributed by atoms with Gasteiger partial charge in [-0.3, -0.25) is 4.79 Å². The smallest absolute Gasteiger partial charge is 0.240 e. The number of unbranched alkanes of at least 4 members (excludes halogenated alkanes) is 7. The van der Waals surface area contributed by atoms with E-state index in [1.54, 1.807) is 0 Å². The van der Waals surface area contributed by atoms with Gasteiger partial charge in [0, 0.05) is 6.54 Å². The number of nitrogens with one attached hydrogen (secondary N) is 1. The Labute approximate surface area is 125 Å². The lowest BCUT2D eigenvalue weighted by molar-refractivity contribution is -0.127. The molecule has 1 aliphatic carbocycles. The molecule has 1 aliphatic rings. The number of amides is 1. The summed E-state index contributed by atoms with van der Waals surface area (Å²) in [6.07, 6.45) is 15.5. The Kier molecular flexibility index (Phi) is 8.92.